The molecule has 1 aromatic carbocycles. The average molecular weight is 256 g/mol. The van der Waals surface area contributed by atoms with Gasteiger partial charge in [-0.25, -0.2) is 0 Å². The number of hydrogen-bond acceptors (Lipinski definition) is 3. The lowest BCUT2D eigenvalue weighted by Gasteiger charge is -2.16. The van der Waals surface area contributed by atoms with Crippen LogP contribution in [0.25, 0.3) is 0 Å². The summed E-state index contributed by atoms with van der Waals surface area (Å²) in [7, 11) is 0. The third-order valence-corrected chi connectivity index (χ3v) is 4.02. The smallest absolute Gasteiger partial charge is 0.137 e. The molecule has 100 valence electrons. The van der Waals surface area contributed by atoms with E-state index in [0.29, 0.717) is 5.92 Å². The van der Waals surface area contributed by atoms with Crippen LogP contribution in [0.5, 0.6) is 0 Å². The maximum Gasteiger partial charge on any atom is 0.137 e. The highest BCUT2D eigenvalue weighted by Gasteiger charge is 2.28. The fourth-order valence-corrected chi connectivity index (χ4v) is 3.13. The third-order valence-electron chi connectivity index (χ3n) is 4.02. The lowest BCUT2D eigenvalue weighted by Crippen LogP contribution is -2.19. The molecule has 1 aliphatic rings. The summed E-state index contributed by atoms with van der Waals surface area (Å²) in [5, 5.41) is 4.08. The van der Waals surface area contributed by atoms with E-state index in [2.05, 4.69) is 40.4 Å². The number of hydrogen-bond donors (Lipinski definition) is 0. The van der Waals surface area contributed by atoms with Gasteiger partial charge in [0.2, 0.25) is 0 Å². The van der Waals surface area contributed by atoms with Crippen LogP contribution in [0.1, 0.15) is 34.9 Å². The molecule has 0 aliphatic carbocycles. The van der Waals surface area contributed by atoms with Crippen molar-refractivity contribution in [3.05, 3.63) is 52.9 Å². The van der Waals surface area contributed by atoms with E-state index >= 15 is 0 Å². The number of aryl methyl sites for hydroxylation is 2. The minimum atomic E-state index is 0.579. The van der Waals surface area contributed by atoms with Gasteiger partial charge in [-0.3, -0.25) is 4.90 Å². The summed E-state index contributed by atoms with van der Waals surface area (Å²) in [5.74, 6) is 1.57. The monoisotopic (exact) mass is 256 g/mol. The van der Waals surface area contributed by atoms with E-state index in [9.17, 15) is 0 Å². The molecule has 1 aromatic heterocycles. The summed E-state index contributed by atoms with van der Waals surface area (Å²) in [6.45, 7) is 7.38. The predicted octanol–water partition coefficient (Wildman–Crippen LogP) is 3.28. The number of rotatable bonds is 3. The van der Waals surface area contributed by atoms with Crippen molar-refractivity contribution < 1.29 is 4.52 Å². The molecule has 1 saturated heterocycles. The molecule has 1 atom stereocenters. The Morgan fingerprint density at radius 2 is 2.05 bits per heavy atom. The van der Waals surface area contributed by atoms with E-state index in [1.807, 2.05) is 13.8 Å². The SMILES string of the molecule is Cc1noc(C)c1C1CCN(Cc2ccccc2)C1. The van der Waals surface area contributed by atoms with Crippen molar-refractivity contribution in [1.29, 1.82) is 0 Å². The van der Waals surface area contributed by atoms with Crippen LogP contribution >= 0.6 is 0 Å². The quantitative estimate of drug-likeness (QED) is 0.844. The Morgan fingerprint density at radius 3 is 2.74 bits per heavy atom. The van der Waals surface area contributed by atoms with Gasteiger partial charge in [0.1, 0.15) is 5.76 Å². The van der Waals surface area contributed by atoms with Gasteiger partial charge in [0.25, 0.3) is 0 Å². The molecule has 3 heteroatoms. The topological polar surface area (TPSA) is 29.3 Å². The molecule has 0 spiro atoms. The molecule has 3 nitrogen and oxygen atoms in total. The molecule has 1 unspecified atom stereocenters. The van der Waals surface area contributed by atoms with Crippen LogP contribution in [0.2, 0.25) is 0 Å². The Morgan fingerprint density at radius 1 is 1.26 bits per heavy atom. The third kappa shape index (κ3) is 2.56. The predicted molar refractivity (Wildman–Crippen MR) is 75.1 cm³/mol. The van der Waals surface area contributed by atoms with Crippen LogP contribution in [0.15, 0.2) is 34.9 Å². The van der Waals surface area contributed by atoms with Crippen molar-refractivity contribution in [2.45, 2.75) is 32.7 Å². The Kier molecular flexibility index (Phi) is 3.38. The van der Waals surface area contributed by atoms with Crippen LogP contribution < -0.4 is 0 Å². The number of nitrogens with zero attached hydrogens (tertiary/aromatic N) is 2. The summed E-state index contributed by atoms with van der Waals surface area (Å²) in [5.41, 5.74) is 3.78. The highest BCUT2D eigenvalue weighted by atomic mass is 16.5. The number of likely N-dealkylation sites (tertiary alicyclic amines) is 1. The van der Waals surface area contributed by atoms with E-state index < -0.39 is 0 Å². The molecule has 0 saturated carbocycles. The van der Waals surface area contributed by atoms with Gasteiger partial charge in [0.05, 0.1) is 5.69 Å². The Bertz CT molecular complexity index is 528. The number of benzene rings is 1. The van der Waals surface area contributed by atoms with Gasteiger partial charge in [-0.15, -0.1) is 0 Å². The first-order chi connectivity index (χ1) is 9.24. The number of aromatic nitrogens is 1. The molecule has 19 heavy (non-hydrogen) atoms. The van der Waals surface area contributed by atoms with Gasteiger partial charge >= 0.3 is 0 Å². The first-order valence-corrected chi connectivity index (χ1v) is 6.93. The lowest BCUT2D eigenvalue weighted by atomic mass is 9.97. The summed E-state index contributed by atoms with van der Waals surface area (Å²) < 4.78 is 5.29. The second-order valence-electron chi connectivity index (χ2n) is 5.44. The molecule has 3 rings (SSSR count). The Labute approximate surface area is 114 Å². The van der Waals surface area contributed by atoms with Gasteiger partial charge in [-0.2, -0.15) is 0 Å². The fraction of sp³-hybridized carbons (Fsp3) is 0.438. The second-order valence-corrected chi connectivity index (χ2v) is 5.44. The highest BCUT2D eigenvalue weighted by molar-refractivity contribution is 5.27. The highest BCUT2D eigenvalue weighted by Crippen LogP contribution is 2.32. The van der Waals surface area contributed by atoms with E-state index in [1.165, 1.54) is 17.5 Å². The van der Waals surface area contributed by atoms with Crippen LogP contribution in [-0.2, 0) is 6.54 Å². The molecule has 0 N–H and O–H groups in total. The standard InChI is InChI=1S/C16H20N2O/c1-12-16(13(2)19-17-12)15-8-9-18(11-15)10-14-6-4-3-5-7-14/h3-7,15H,8-11H2,1-2H3. The van der Waals surface area contributed by atoms with E-state index in [4.69, 9.17) is 4.52 Å². The molecule has 2 aromatic rings. The minimum Gasteiger partial charge on any atom is -0.361 e. The summed E-state index contributed by atoms with van der Waals surface area (Å²) in [4.78, 5) is 2.52. The van der Waals surface area contributed by atoms with Gasteiger partial charge in [-0.1, -0.05) is 35.5 Å². The van der Waals surface area contributed by atoms with Crippen molar-refractivity contribution in [2.24, 2.45) is 0 Å². The van der Waals surface area contributed by atoms with Crippen LogP contribution in [0.3, 0.4) is 0 Å². The normalized spacial score (nSPS) is 20.0. The molecule has 0 radical (unpaired) electrons. The maximum absolute atomic E-state index is 5.29. The van der Waals surface area contributed by atoms with Gasteiger partial charge in [-0.05, 0) is 32.4 Å². The minimum absolute atomic E-state index is 0.579. The van der Waals surface area contributed by atoms with Gasteiger partial charge < -0.3 is 4.52 Å². The molecule has 0 bridgehead atoms. The van der Waals surface area contributed by atoms with Crippen molar-refractivity contribution >= 4 is 0 Å². The van der Waals surface area contributed by atoms with Crippen LogP contribution in [-0.4, -0.2) is 23.1 Å². The largest absolute Gasteiger partial charge is 0.361 e. The summed E-state index contributed by atoms with van der Waals surface area (Å²) >= 11 is 0. The van der Waals surface area contributed by atoms with Gasteiger partial charge in [0, 0.05) is 24.6 Å². The summed E-state index contributed by atoms with van der Waals surface area (Å²) in [6, 6.07) is 10.7. The van der Waals surface area contributed by atoms with E-state index in [1.54, 1.807) is 0 Å². The lowest BCUT2D eigenvalue weighted by molar-refractivity contribution is 0.326. The molecule has 1 aliphatic heterocycles. The molecular formula is C16H20N2O. The molecule has 0 amide bonds. The zero-order valence-electron chi connectivity index (χ0n) is 11.6. The van der Waals surface area contributed by atoms with Crippen LogP contribution in [0.4, 0.5) is 0 Å². The first-order valence-electron chi connectivity index (χ1n) is 6.93. The maximum atomic E-state index is 5.29. The molecule has 2 heterocycles. The van der Waals surface area contributed by atoms with E-state index in [-0.39, 0.29) is 0 Å². The molecular weight excluding hydrogens is 236 g/mol. The fourth-order valence-electron chi connectivity index (χ4n) is 3.13. The van der Waals surface area contributed by atoms with E-state index in [0.717, 1.165) is 31.1 Å². The van der Waals surface area contributed by atoms with Crippen molar-refractivity contribution in [3.63, 3.8) is 0 Å². The zero-order chi connectivity index (χ0) is 13.2. The average Bonchev–Trinajstić information content (AvgIpc) is 2.98. The van der Waals surface area contributed by atoms with Crippen molar-refractivity contribution in [2.75, 3.05) is 13.1 Å². The molecule has 1 fully saturated rings. The Hall–Kier alpha value is -1.61. The second kappa shape index (κ2) is 5.17. The van der Waals surface area contributed by atoms with Gasteiger partial charge in [0.15, 0.2) is 0 Å². The Balaban J connectivity index is 1.68. The first kappa shape index (κ1) is 12.4. The zero-order valence-corrected chi connectivity index (χ0v) is 11.6. The van der Waals surface area contributed by atoms with Crippen molar-refractivity contribution in [3.8, 4) is 0 Å². The summed E-state index contributed by atoms with van der Waals surface area (Å²) in [6.07, 6.45) is 1.20. The van der Waals surface area contributed by atoms with Crippen molar-refractivity contribution in [1.82, 2.24) is 10.1 Å². The van der Waals surface area contributed by atoms with Crippen LogP contribution in [0, 0.1) is 13.8 Å².